The number of ether oxygens (including phenoxy) is 1. The Labute approximate surface area is 157 Å². The molecule has 9 heteroatoms. The van der Waals surface area contributed by atoms with E-state index in [2.05, 4.69) is 10.0 Å². The molecule has 0 saturated carbocycles. The van der Waals surface area contributed by atoms with Gasteiger partial charge in [0.15, 0.2) is 0 Å². The second-order valence-corrected chi connectivity index (χ2v) is 8.77. The van der Waals surface area contributed by atoms with Crippen LogP contribution >= 0.6 is 0 Å². The van der Waals surface area contributed by atoms with Crippen LogP contribution in [0.25, 0.3) is 0 Å². The van der Waals surface area contributed by atoms with Crippen molar-refractivity contribution in [3.8, 4) is 0 Å². The van der Waals surface area contributed by atoms with Crippen LogP contribution in [-0.4, -0.2) is 37.6 Å². The highest BCUT2D eigenvalue weighted by Gasteiger charge is 2.39. The van der Waals surface area contributed by atoms with Gasteiger partial charge >= 0.3 is 0 Å². The molecule has 0 atom stereocenters. The van der Waals surface area contributed by atoms with E-state index in [0.29, 0.717) is 30.2 Å². The summed E-state index contributed by atoms with van der Waals surface area (Å²) in [5, 5.41) is 2.67. The first kappa shape index (κ1) is 19.5. The van der Waals surface area contributed by atoms with Crippen LogP contribution in [-0.2, 0) is 21.8 Å². The van der Waals surface area contributed by atoms with E-state index in [1.54, 1.807) is 27.8 Å². The zero-order valence-electron chi connectivity index (χ0n) is 15.6. The monoisotopic (exact) mass is 395 g/mol. The van der Waals surface area contributed by atoms with Crippen molar-refractivity contribution in [1.82, 2.24) is 9.29 Å². The SMILES string of the molecule is Cc1cc(NC(=O)c2cc(S(=O)(=O)NC3(C)COC3)c(C)n2C)ccc1F. The molecule has 1 fully saturated rings. The number of hydrogen-bond donors (Lipinski definition) is 2. The number of halogens is 1. The molecule has 27 heavy (non-hydrogen) atoms. The van der Waals surface area contributed by atoms with E-state index in [9.17, 15) is 17.6 Å². The molecule has 0 bridgehead atoms. The standard InChI is InChI=1S/C18H22FN3O4S/c1-11-7-13(5-6-14(11)19)20-17(23)15-8-16(12(2)22(15)4)27(24,25)21-18(3)9-26-10-18/h5-8,21H,9-10H2,1-4H3,(H,20,23). The highest BCUT2D eigenvalue weighted by atomic mass is 32.2. The van der Waals surface area contributed by atoms with Crippen LogP contribution in [0.15, 0.2) is 29.2 Å². The number of rotatable bonds is 5. The van der Waals surface area contributed by atoms with E-state index in [1.807, 2.05) is 0 Å². The summed E-state index contributed by atoms with van der Waals surface area (Å²) in [5.74, 6) is -0.845. The van der Waals surface area contributed by atoms with Gasteiger partial charge in [-0.1, -0.05) is 0 Å². The van der Waals surface area contributed by atoms with Crippen molar-refractivity contribution in [2.75, 3.05) is 18.5 Å². The maximum absolute atomic E-state index is 13.4. The normalized spacial score (nSPS) is 16.0. The van der Waals surface area contributed by atoms with Crippen molar-refractivity contribution in [3.05, 3.63) is 47.0 Å². The van der Waals surface area contributed by atoms with Gasteiger partial charge in [-0.15, -0.1) is 0 Å². The maximum atomic E-state index is 13.4. The Morgan fingerprint density at radius 1 is 1.26 bits per heavy atom. The lowest BCUT2D eigenvalue weighted by Gasteiger charge is -2.38. The van der Waals surface area contributed by atoms with Crippen LogP contribution in [0.5, 0.6) is 0 Å². The summed E-state index contributed by atoms with van der Waals surface area (Å²) in [5.41, 5.74) is 0.810. The number of carbonyl (C=O) groups excluding carboxylic acids is 1. The van der Waals surface area contributed by atoms with E-state index in [-0.39, 0.29) is 16.4 Å². The molecule has 0 unspecified atom stereocenters. The number of benzene rings is 1. The molecule has 1 aromatic heterocycles. The maximum Gasteiger partial charge on any atom is 0.272 e. The first-order valence-electron chi connectivity index (χ1n) is 8.38. The Balaban J connectivity index is 1.87. The highest BCUT2D eigenvalue weighted by Crippen LogP contribution is 2.25. The third kappa shape index (κ3) is 3.76. The fourth-order valence-corrected chi connectivity index (χ4v) is 4.59. The minimum atomic E-state index is -3.81. The Kier molecular flexibility index (Phi) is 4.87. The topological polar surface area (TPSA) is 89.4 Å². The Morgan fingerprint density at radius 2 is 1.93 bits per heavy atom. The van der Waals surface area contributed by atoms with Crippen LogP contribution in [0.3, 0.4) is 0 Å². The van der Waals surface area contributed by atoms with Gasteiger partial charge in [-0.05, 0) is 50.6 Å². The number of amides is 1. The molecule has 146 valence electrons. The quantitative estimate of drug-likeness (QED) is 0.811. The summed E-state index contributed by atoms with van der Waals surface area (Å²) in [6, 6.07) is 5.57. The predicted octanol–water partition coefficient (Wildman–Crippen LogP) is 2.10. The van der Waals surface area contributed by atoms with E-state index in [0.717, 1.165) is 0 Å². The molecule has 1 aliphatic rings. The predicted molar refractivity (Wildman–Crippen MR) is 98.8 cm³/mol. The molecule has 0 spiro atoms. The van der Waals surface area contributed by atoms with E-state index in [1.165, 1.54) is 28.8 Å². The summed E-state index contributed by atoms with van der Waals surface area (Å²) in [6.07, 6.45) is 0. The fraction of sp³-hybridized carbons (Fsp3) is 0.389. The number of aryl methyl sites for hydroxylation is 1. The molecule has 1 amide bonds. The lowest BCUT2D eigenvalue weighted by Crippen LogP contribution is -2.59. The van der Waals surface area contributed by atoms with Crippen LogP contribution < -0.4 is 10.0 Å². The summed E-state index contributed by atoms with van der Waals surface area (Å²) < 4.78 is 48.1. The molecule has 0 aliphatic carbocycles. The van der Waals surface area contributed by atoms with Gasteiger partial charge in [0.1, 0.15) is 16.4 Å². The van der Waals surface area contributed by atoms with E-state index in [4.69, 9.17) is 4.74 Å². The van der Waals surface area contributed by atoms with Crippen LogP contribution in [0, 0.1) is 19.7 Å². The first-order chi connectivity index (χ1) is 12.5. The number of aromatic nitrogens is 1. The zero-order chi connectivity index (χ0) is 20.0. The molecule has 2 N–H and O–H groups in total. The van der Waals surface area contributed by atoms with Crippen molar-refractivity contribution in [2.45, 2.75) is 31.2 Å². The first-order valence-corrected chi connectivity index (χ1v) is 9.86. The summed E-state index contributed by atoms with van der Waals surface area (Å²) in [6.45, 7) is 5.59. The molecule has 3 rings (SSSR count). The molecular weight excluding hydrogens is 373 g/mol. The van der Waals surface area contributed by atoms with Crippen LogP contribution in [0.2, 0.25) is 0 Å². The molecule has 1 saturated heterocycles. The number of anilines is 1. The average Bonchev–Trinajstić information content (AvgIpc) is 2.86. The highest BCUT2D eigenvalue weighted by molar-refractivity contribution is 7.89. The Morgan fingerprint density at radius 3 is 2.48 bits per heavy atom. The minimum absolute atomic E-state index is 0.0403. The second-order valence-electron chi connectivity index (χ2n) is 7.12. The van der Waals surface area contributed by atoms with E-state index >= 15 is 0 Å². The Bertz CT molecular complexity index is 1010. The summed E-state index contributed by atoms with van der Waals surface area (Å²) >= 11 is 0. The van der Waals surface area contributed by atoms with Crippen molar-refractivity contribution in [2.24, 2.45) is 7.05 Å². The van der Waals surface area contributed by atoms with Gasteiger partial charge < -0.3 is 14.6 Å². The molecule has 0 radical (unpaired) electrons. The van der Waals surface area contributed by atoms with Crippen LogP contribution in [0.1, 0.15) is 28.7 Å². The average molecular weight is 395 g/mol. The van der Waals surface area contributed by atoms with E-state index < -0.39 is 21.5 Å². The molecule has 2 aromatic rings. The molecule has 1 aromatic carbocycles. The van der Waals surface area contributed by atoms with Crippen LogP contribution in [0.4, 0.5) is 10.1 Å². The smallest absolute Gasteiger partial charge is 0.272 e. The molecule has 7 nitrogen and oxygen atoms in total. The molecule has 1 aliphatic heterocycles. The Hall–Kier alpha value is -2.23. The van der Waals surface area contributed by atoms with Gasteiger partial charge in [0.05, 0.1) is 18.8 Å². The number of sulfonamides is 1. The van der Waals surface area contributed by atoms with Gasteiger partial charge in [0, 0.05) is 18.4 Å². The van der Waals surface area contributed by atoms with Crippen molar-refractivity contribution in [3.63, 3.8) is 0 Å². The largest absolute Gasteiger partial charge is 0.377 e. The van der Waals surface area contributed by atoms with Gasteiger partial charge in [0.25, 0.3) is 5.91 Å². The van der Waals surface area contributed by atoms with Gasteiger partial charge in [-0.25, -0.2) is 17.5 Å². The third-order valence-corrected chi connectivity index (χ3v) is 6.40. The fourth-order valence-electron chi connectivity index (χ4n) is 2.93. The lowest BCUT2D eigenvalue weighted by molar-refractivity contribution is -0.0523. The lowest BCUT2D eigenvalue weighted by atomic mass is 10.0. The summed E-state index contributed by atoms with van der Waals surface area (Å²) in [7, 11) is -2.19. The number of nitrogens with zero attached hydrogens (tertiary/aromatic N) is 1. The second kappa shape index (κ2) is 6.74. The molecular formula is C18H22FN3O4S. The van der Waals surface area contributed by atoms with Crippen molar-refractivity contribution in [1.29, 1.82) is 0 Å². The number of nitrogens with one attached hydrogen (secondary N) is 2. The van der Waals surface area contributed by atoms with Crippen molar-refractivity contribution < 1.29 is 22.3 Å². The summed E-state index contributed by atoms with van der Waals surface area (Å²) in [4.78, 5) is 12.7. The third-order valence-electron chi connectivity index (χ3n) is 4.65. The van der Waals surface area contributed by atoms with Gasteiger partial charge in [-0.2, -0.15) is 0 Å². The number of carbonyl (C=O) groups is 1. The van der Waals surface area contributed by atoms with Gasteiger partial charge in [0.2, 0.25) is 10.0 Å². The minimum Gasteiger partial charge on any atom is -0.377 e. The number of hydrogen-bond acceptors (Lipinski definition) is 4. The molecule has 2 heterocycles. The van der Waals surface area contributed by atoms with Crippen molar-refractivity contribution >= 4 is 21.6 Å². The zero-order valence-corrected chi connectivity index (χ0v) is 16.4. The van der Waals surface area contributed by atoms with Gasteiger partial charge in [-0.3, -0.25) is 4.79 Å².